The molecule has 0 saturated heterocycles. The number of nitrogens with zero attached hydrogens (tertiary/aromatic N) is 2. The normalized spacial score (nSPS) is 13.9. The van der Waals surface area contributed by atoms with Crippen LogP contribution in [-0.2, 0) is 0 Å². The van der Waals surface area contributed by atoms with Gasteiger partial charge in [0.15, 0.2) is 5.76 Å². The van der Waals surface area contributed by atoms with Crippen molar-refractivity contribution in [2.75, 3.05) is 0 Å². The van der Waals surface area contributed by atoms with Gasteiger partial charge in [-0.15, -0.1) is 0 Å². The maximum atomic E-state index is 6.05. The van der Waals surface area contributed by atoms with E-state index in [0.29, 0.717) is 17.5 Å². The largest absolute Gasteiger partial charge is 0.461 e. The molecule has 2 N–H and O–H groups in total. The van der Waals surface area contributed by atoms with Gasteiger partial charge < -0.3 is 14.7 Å². The summed E-state index contributed by atoms with van der Waals surface area (Å²) < 4.78 is 10.5. The lowest BCUT2D eigenvalue weighted by atomic mass is 9.87. The van der Waals surface area contributed by atoms with Crippen molar-refractivity contribution in [2.24, 2.45) is 11.1 Å². The maximum absolute atomic E-state index is 6.05. The minimum atomic E-state index is -0.293. The lowest BCUT2D eigenvalue weighted by Gasteiger charge is -2.23. The quantitative estimate of drug-likeness (QED) is 0.865. The average molecular weight is 235 g/mol. The van der Waals surface area contributed by atoms with Crippen molar-refractivity contribution in [1.82, 2.24) is 10.1 Å². The minimum absolute atomic E-state index is 0.123. The van der Waals surface area contributed by atoms with E-state index in [2.05, 4.69) is 10.1 Å². The molecule has 0 spiro atoms. The van der Waals surface area contributed by atoms with Gasteiger partial charge in [0, 0.05) is 0 Å². The molecule has 5 nitrogen and oxygen atoms in total. The highest BCUT2D eigenvalue weighted by molar-refractivity contribution is 5.51. The summed E-state index contributed by atoms with van der Waals surface area (Å²) in [6.07, 6.45) is 1.60. The summed E-state index contributed by atoms with van der Waals surface area (Å²) in [7, 11) is 0. The molecule has 92 valence electrons. The fourth-order valence-electron chi connectivity index (χ4n) is 1.43. The van der Waals surface area contributed by atoms with Gasteiger partial charge in [0.25, 0.3) is 0 Å². The molecule has 0 aromatic carbocycles. The number of rotatable bonds is 2. The maximum Gasteiger partial charge on any atom is 0.244 e. The number of furan rings is 1. The van der Waals surface area contributed by atoms with E-state index in [0.717, 1.165) is 5.56 Å². The van der Waals surface area contributed by atoms with Crippen molar-refractivity contribution < 1.29 is 8.94 Å². The Morgan fingerprint density at radius 1 is 1.35 bits per heavy atom. The second-order valence-corrected chi connectivity index (χ2v) is 5.23. The number of hydrogen-bond donors (Lipinski definition) is 1. The molecule has 2 aromatic rings. The van der Waals surface area contributed by atoms with Crippen LogP contribution in [0, 0.1) is 12.3 Å². The van der Waals surface area contributed by atoms with E-state index in [4.69, 9.17) is 14.7 Å². The summed E-state index contributed by atoms with van der Waals surface area (Å²) in [5.41, 5.74) is 6.90. The van der Waals surface area contributed by atoms with Crippen LogP contribution in [0.5, 0.6) is 0 Å². The number of aryl methyl sites for hydroxylation is 1. The van der Waals surface area contributed by atoms with Crippen LogP contribution in [0.1, 0.15) is 38.3 Å². The van der Waals surface area contributed by atoms with Gasteiger partial charge in [0.1, 0.15) is 0 Å². The molecule has 2 rings (SSSR count). The van der Waals surface area contributed by atoms with Crippen molar-refractivity contribution in [3.63, 3.8) is 0 Å². The van der Waals surface area contributed by atoms with Gasteiger partial charge in [-0.2, -0.15) is 4.98 Å². The molecular weight excluding hydrogens is 218 g/mol. The van der Waals surface area contributed by atoms with Gasteiger partial charge in [-0.25, -0.2) is 0 Å². The fourth-order valence-corrected chi connectivity index (χ4v) is 1.43. The van der Waals surface area contributed by atoms with E-state index in [1.165, 1.54) is 0 Å². The fraction of sp³-hybridized carbons (Fsp3) is 0.500. The Bertz CT molecular complexity index is 508. The molecule has 2 heterocycles. The van der Waals surface area contributed by atoms with Gasteiger partial charge in [-0.1, -0.05) is 25.9 Å². The number of aromatic nitrogens is 2. The van der Waals surface area contributed by atoms with E-state index >= 15 is 0 Å². The van der Waals surface area contributed by atoms with E-state index in [1.807, 2.05) is 33.8 Å². The van der Waals surface area contributed by atoms with Crippen molar-refractivity contribution in [1.29, 1.82) is 0 Å². The number of hydrogen-bond acceptors (Lipinski definition) is 5. The molecule has 0 bridgehead atoms. The summed E-state index contributed by atoms with van der Waals surface area (Å²) in [5.74, 6) is 1.51. The molecule has 5 heteroatoms. The Labute approximate surface area is 100.0 Å². The van der Waals surface area contributed by atoms with Crippen LogP contribution in [-0.4, -0.2) is 10.1 Å². The molecular formula is C12H17N3O2. The number of nitrogens with two attached hydrogens (primary N) is 1. The van der Waals surface area contributed by atoms with Crippen molar-refractivity contribution in [3.05, 3.63) is 23.8 Å². The SMILES string of the molecule is Cc1ccoc1-c1noc(C(N)C(C)(C)C)n1. The average Bonchev–Trinajstić information content (AvgIpc) is 2.83. The van der Waals surface area contributed by atoms with Crippen LogP contribution < -0.4 is 5.73 Å². The Balaban J connectivity index is 2.31. The van der Waals surface area contributed by atoms with Crippen LogP contribution in [0.4, 0.5) is 0 Å². The lowest BCUT2D eigenvalue weighted by molar-refractivity contribution is 0.253. The Morgan fingerprint density at radius 2 is 2.06 bits per heavy atom. The topological polar surface area (TPSA) is 78.1 Å². The summed E-state index contributed by atoms with van der Waals surface area (Å²) >= 11 is 0. The molecule has 0 aliphatic rings. The van der Waals surface area contributed by atoms with Crippen LogP contribution in [0.2, 0.25) is 0 Å². The van der Waals surface area contributed by atoms with Crippen LogP contribution in [0.25, 0.3) is 11.6 Å². The summed E-state index contributed by atoms with van der Waals surface area (Å²) in [4.78, 5) is 4.28. The van der Waals surface area contributed by atoms with Crippen molar-refractivity contribution in [2.45, 2.75) is 33.7 Å². The molecule has 2 aromatic heterocycles. The second kappa shape index (κ2) is 4.00. The Morgan fingerprint density at radius 3 is 2.59 bits per heavy atom. The predicted molar refractivity (Wildman–Crippen MR) is 63.1 cm³/mol. The van der Waals surface area contributed by atoms with Crippen LogP contribution in [0.15, 0.2) is 21.3 Å². The molecule has 0 saturated carbocycles. The second-order valence-electron chi connectivity index (χ2n) is 5.23. The molecule has 1 atom stereocenters. The molecule has 0 aliphatic carbocycles. The first-order valence-corrected chi connectivity index (χ1v) is 5.53. The molecule has 0 aliphatic heterocycles. The predicted octanol–water partition coefficient (Wildman–Crippen LogP) is 2.68. The highest BCUT2D eigenvalue weighted by atomic mass is 16.5. The molecule has 0 amide bonds. The Kier molecular flexibility index (Phi) is 2.79. The molecule has 0 radical (unpaired) electrons. The summed E-state index contributed by atoms with van der Waals surface area (Å²) in [6.45, 7) is 8.01. The zero-order valence-electron chi connectivity index (χ0n) is 10.5. The first kappa shape index (κ1) is 11.9. The van der Waals surface area contributed by atoms with Gasteiger partial charge in [0.05, 0.1) is 12.3 Å². The zero-order valence-corrected chi connectivity index (χ0v) is 10.5. The summed E-state index contributed by atoms with van der Waals surface area (Å²) in [6, 6.07) is 1.56. The van der Waals surface area contributed by atoms with Gasteiger partial charge in [-0.3, -0.25) is 0 Å². The van der Waals surface area contributed by atoms with Gasteiger partial charge in [0.2, 0.25) is 11.7 Å². The first-order valence-electron chi connectivity index (χ1n) is 5.53. The first-order chi connectivity index (χ1) is 7.89. The van der Waals surface area contributed by atoms with Crippen molar-refractivity contribution >= 4 is 0 Å². The van der Waals surface area contributed by atoms with E-state index in [1.54, 1.807) is 6.26 Å². The summed E-state index contributed by atoms with van der Waals surface area (Å²) in [5, 5.41) is 3.89. The highest BCUT2D eigenvalue weighted by Crippen LogP contribution is 2.31. The monoisotopic (exact) mass is 235 g/mol. The minimum Gasteiger partial charge on any atom is -0.461 e. The molecule has 0 fully saturated rings. The lowest BCUT2D eigenvalue weighted by Crippen LogP contribution is -2.26. The zero-order chi connectivity index (χ0) is 12.6. The highest BCUT2D eigenvalue weighted by Gasteiger charge is 2.28. The van der Waals surface area contributed by atoms with E-state index in [9.17, 15) is 0 Å². The van der Waals surface area contributed by atoms with Crippen LogP contribution in [0.3, 0.4) is 0 Å². The molecule has 1 unspecified atom stereocenters. The Hall–Kier alpha value is -1.62. The van der Waals surface area contributed by atoms with Crippen molar-refractivity contribution in [3.8, 4) is 11.6 Å². The van der Waals surface area contributed by atoms with Crippen LogP contribution >= 0.6 is 0 Å². The third-order valence-corrected chi connectivity index (χ3v) is 2.71. The van der Waals surface area contributed by atoms with E-state index < -0.39 is 0 Å². The van der Waals surface area contributed by atoms with Gasteiger partial charge >= 0.3 is 0 Å². The molecule has 17 heavy (non-hydrogen) atoms. The van der Waals surface area contributed by atoms with E-state index in [-0.39, 0.29) is 11.5 Å². The third kappa shape index (κ3) is 2.24. The smallest absolute Gasteiger partial charge is 0.244 e. The van der Waals surface area contributed by atoms with Gasteiger partial charge in [-0.05, 0) is 24.0 Å². The standard InChI is InChI=1S/C12H17N3O2/c1-7-5-6-16-8(7)10-14-11(17-15-10)9(13)12(2,3)4/h5-6,9H,13H2,1-4H3. The third-order valence-electron chi connectivity index (χ3n) is 2.71.